The molecule has 0 radical (unpaired) electrons. The Morgan fingerprint density at radius 3 is 2.67 bits per heavy atom. The van der Waals surface area contributed by atoms with Crippen molar-refractivity contribution >= 4 is 45.1 Å². The van der Waals surface area contributed by atoms with Crippen molar-refractivity contribution in [3.63, 3.8) is 0 Å². The molecule has 0 fully saturated rings. The minimum Gasteiger partial charge on any atom is -0.357 e. The molecule has 1 aromatic heterocycles. The zero-order valence-corrected chi connectivity index (χ0v) is 15.8. The number of likely N-dealkylation sites (N-methyl/N-ethyl adjacent to an activating group) is 1. The molecule has 2 aromatic carbocycles. The standard InChI is InChI=1S/C18H15F2N3O2S2/c1-21-17(25)16(10-6-7-11(19)12(20)8-10)23-15(24)9-26-18-22-13-4-2-3-5-14(13)27-18/h2-8,16H,9H2,1H3,(H,21,25)(H,23,24). The van der Waals surface area contributed by atoms with E-state index in [9.17, 15) is 18.4 Å². The van der Waals surface area contributed by atoms with Crippen LogP contribution in [0.15, 0.2) is 46.8 Å². The van der Waals surface area contributed by atoms with Gasteiger partial charge in [0, 0.05) is 7.05 Å². The lowest BCUT2D eigenvalue weighted by Gasteiger charge is -2.17. The van der Waals surface area contributed by atoms with Gasteiger partial charge >= 0.3 is 0 Å². The Balaban J connectivity index is 1.68. The number of halogens is 2. The fraction of sp³-hybridized carbons (Fsp3) is 0.167. The van der Waals surface area contributed by atoms with Gasteiger partial charge in [0.15, 0.2) is 16.0 Å². The number of aromatic nitrogens is 1. The molecular weight excluding hydrogens is 392 g/mol. The van der Waals surface area contributed by atoms with Gasteiger partial charge in [0.2, 0.25) is 11.8 Å². The van der Waals surface area contributed by atoms with Gasteiger partial charge in [0.1, 0.15) is 6.04 Å². The molecule has 0 spiro atoms. The average molecular weight is 407 g/mol. The summed E-state index contributed by atoms with van der Waals surface area (Å²) in [7, 11) is 1.40. The zero-order chi connectivity index (χ0) is 19.4. The lowest BCUT2D eigenvalue weighted by Crippen LogP contribution is -2.39. The molecule has 0 saturated carbocycles. The second-order valence-electron chi connectivity index (χ2n) is 5.52. The van der Waals surface area contributed by atoms with Crippen molar-refractivity contribution in [1.82, 2.24) is 15.6 Å². The fourth-order valence-electron chi connectivity index (χ4n) is 2.38. The van der Waals surface area contributed by atoms with E-state index in [2.05, 4.69) is 15.6 Å². The maximum absolute atomic E-state index is 13.5. The largest absolute Gasteiger partial charge is 0.357 e. The predicted molar refractivity (Wildman–Crippen MR) is 102 cm³/mol. The molecule has 1 atom stereocenters. The van der Waals surface area contributed by atoms with Gasteiger partial charge in [0.05, 0.1) is 16.0 Å². The summed E-state index contributed by atoms with van der Waals surface area (Å²) in [5.74, 6) is -3.01. The molecule has 2 N–H and O–H groups in total. The number of carbonyl (C=O) groups excluding carboxylic acids is 2. The predicted octanol–water partition coefficient (Wildman–Crippen LogP) is 3.27. The SMILES string of the molecule is CNC(=O)C(NC(=O)CSc1nc2ccccc2s1)c1ccc(F)c(F)c1. The van der Waals surface area contributed by atoms with Crippen molar-refractivity contribution in [1.29, 1.82) is 0 Å². The van der Waals surface area contributed by atoms with Gasteiger partial charge in [-0.05, 0) is 29.8 Å². The van der Waals surface area contributed by atoms with Crippen LogP contribution in [0.3, 0.4) is 0 Å². The van der Waals surface area contributed by atoms with Gasteiger partial charge in [0.25, 0.3) is 0 Å². The molecule has 27 heavy (non-hydrogen) atoms. The molecule has 0 aliphatic heterocycles. The summed E-state index contributed by atoms with van der Waals surface area (Å²) >= 11 is 2.72. The molecule has 0 saturated heterocycles. The molecule has 2 amide bonds. The summed E-state index contributed by atoms with van der Waals surface area (Å²) in [5, 5.41) is 4.96. The van der Waals surface area contributed by atoms with Crippen LogP contribution in [0.4, 0.5) is 8.78 Å². The number of thioether (sulfide) groups is 1. The number of nitrogens with zero attached hydrogens (tertiary/aromatic N) is 1. The van der Waals surface area contributed by atoms with E-state index in [4.69, 9.17) is 0 Å². The van der Waals surface area contributed by atoms with Gasteiger partial charge in [-0.3, -0.25) is 9.59 Å². The highest BCUT2D eigenvalue weighted by atomic mass is 32.2. The maximum Gasteiger partial charge on any atom is 0.246 e. The highest BCUT2D eigenvalue weighted by molar-refractivity contribution is 8.01. The lowest BCUT2D eigenvalue weighted by molar-refractivity contribution is -0.127. The second kappa shape index (κ2) is 8.45. The summed E-state index contributed by atoms with van der Waals surface area (Å²) < 4.78 is 28.4. The molecule has 9 heteroatoms. The molecule has 3 rings (SSSR count). The molecule has 5 nitrogen and oxygen atoms in total. The van der Waals surface area contributed by atoms with Crippen LogP contribution in [0.5, 0.6) is 0 Å². The molecule has 140 valence electrons. The number of para-hydroxylation sites is 1. The van der Waals surface area contributed by atoms with Crippen molar-refractivity contribution < 1.29 is 18.4 Å². The Morgan fingerprint density at radius 1 is 1.19 bits per heavy atom. The third-order valence-electron chi connectivity index (χ3n) is 3.69. The van der Waals surface area contributed by atoms with E-state index in [0.29, 0.717) is 0 Å². The van der Waals surface area contributed by atoms with Crippen molar-refractivity contribution in [3.05, 3.63) is 59.7 Å². The van der Waals surface area contributed by atoms with Crippen LogP contribution in [0.1, 0.15) is 11.6 Å². The molecule has 1 heterocycles. The quantitative estimate of drug-likeness (QED) is 0.616. The van der Waals surface area contributed by atoms with Crippen LogP contribution in [-0.4, -0.2) is 29.6 Å². The third-order valence-corrected chi connectivity index (χ3v) is 5.87. The number of hydrogen-bond donors (Lipinski definition) is 2. The van der Waals surface area contributed by atoms with E-state index in [-0.39, 0.29) is 11.3 Å². The van der Waals surface area contributed by atoms with Gasteiger partial charge in [-0.15, -0.1) is 11.3 Å². The fourth-order valence-corrected chi connectivity index (χ4v) is 4.26. The zero-order valence-electron chi connectivity index (χ0n) is 14.2. The Kier molecular flexibility index (Phi) is 6.02. The number of fused-ring (bicyclic) bond motifs is 1. The maximum atomic E-state index is 13.5. The van der Waals surface area contributed by atoms with Gasteiger partial charge in [-0.2, -0.15) is 0 Å². The topological polar surface area (TPSA) is 71.1 Å². The Bertz CT molecular complexity index is 961. The third kappa shape index (κ3) is 4.61. The highest BCUT2D eigenvalue weighted by Crippen LogP contribution is 2.29. The van der Waals surface area contributed by atoms with Gasteiger partial charge in [-0.1, -0.05) is 30.0 Å². The first-order valence-electron chi connectivity index (χ1n) is 7.92. The van der Waals surface area contributed by atoms with E-state index < -0.39 is 29.5 Å². The number of benzene rings is 2. The van der Waals surface area contributed by atoms with Crippen molar-refractivity contribution in [2.24, 2.45) is 0 Å². The number of rotatable bonds is 6. The van der Waals surface area contributed by atoms with Crippen LogP contribution >= 0.6 is 23.1 Å². The number of hydrogen-bond acceptors (Lipinski definition) is 5. The van der Waals surface area contributed by atoms with Crippen LogP contribution in [-0.2, 0) is 9.59 Å². The highest BCUT2D eigenvalue weighted by Gasteiger charge is 2.23. The van der Waals surface area contributed by atoms with Crippen molar-refractivity contribution in [2.75, 3.05) is 12.8 Å². The smallest absolute Gasteiger partial charge is 0.246 e. The van der Waals surface area contributed by atoms with Crippen molar-refractivity contribution in [2.45, 2.75) is 10.4 Å². The lowest BCUT2D eigenvalue weighted by atomic mass is 10.1. The van der Waals surface area contributed by atoms with E-state index in [1.165, 1.54) is 36.2 Å². The molecule has 0 aliphatic carbocycles. The van der Waals surface area contributed by atoms with Crippen LogP contribution < -0.4 is 10.6 Å². The van der Waals surface area contributed by atoms with E-state index in [1.54, 1.807) is 0 Å². The summed E-state index contributed by atoms with van der Waals surface area (Å²) in [6.45, 7) is 0. The number of amides is 2. The van der Waals surface area contributed by atoms with Crippen LogP contribution in [0, 0.1) is 11.6 Å². The first-order chi connectivity index (χ1) is 13.0. The van der Waals surface area contributed by atoms with Crippen molar-refractivity contribution in [3.8, 4) is 0 Å². The van der Waals surface area contributed by atoms with Crippen LogP contribution in [0.25, 0.3) is 10.2 Å². The summed E-state index contributed by atoms with van der Waals surface area (Å²) in [6.07, 6.45) is 0. The monoisotopic (exact) mass is 407 g/mol. The Labute approximate surface area is 162 Å². The van der Waals surface area contributed by atoms with Gasteiger partial charge in [-0.25, -0.2) is 13.8 Å². The first kappa shape index (κ1) is 19.2. The normalized spacial score (nSPS) is 12.0. The first-order valence-corrected chi connectivity index (χ1v) is 9.72. The Hall–Kier alpha value is -2.52. The number of nitrogens with one attached hydrogen (secondary N) is 2. The van der Waals surface area contributed by atoms with E-state index >= 15 is 0 Å². The minimum absolute atomic E-state index is 0.0387. The van der Waals surface area contributed by atoms with E-state index in [0.717, 1.165) is 26.7 Å². The molecule has 1 unspecified atom stereocenters. The Morgan fingerprint density at radius 2 is 1.96 bits per heavy atom. The number of thiazole rings is 1. The minimum atomic E-state index is -1.12. The molecule has 0 bridgehead atoms. The average Bonchev–Trinajstić information content (AvgIpc) is 3.09. The van der Waals surface area contributed by atoms with Crippen LogP contribution in [0.2, 0.25) is 0 Å². The molecule has 0 aliphatic rings. The summed E-state index contributed by atoms with van der Waals surface area (Å²) in [4.78, 5) is 28.8. The molecular formula is C18H15F2N3O2S2. The summed E-state index contributed by atoms with van der Waals surface area (Å²) in [5.41, 5.74) is 1.02. The number of carbonyl (C=O) groups is 2. The molecule has 3 aromatic rings. The van der Waals surface area contributed by atoms with Gasteiger partial charge < -0.3 is 10.6 Å². The van der Waals surface area contributed by atoms with E-state index in [1.807, 2.05) is 24.3 Å². The summed E-state index contributed by atoms with van der Waals surface area (Å²) in [6, 6.07) is 9.60. The second-order valence-corrected chi connectivity index (χ2v) is 7.78.